The molecule has 1 aromatic carbocycles. The molecular weight excluding hydrogens is 264 g/mol. The summed E-state index contributed by atoms with van der Waals surface area (Å²) < 4.78 is 0. The van der Waals surface area contributed by atoms with Crippen molar-refractivity contribution in [2.75, 3.05) is 18.0 Å². The third kappa shape index (κ3) is 2.13. The number of anilines is 1. The van der Waals surface area contributed by atoms with Gasteiger partial charge in [-0.25, -0.2) is 0 Å². The first kappa shape index (κ1) is 12.9. The summed E-state index contributed by atoms with van der Waals surface area (Å²) in [6.45, 7) is 0.875. The zero-order chi connectivity index (χ0) is 14.4. The van der Waals surface area contributed by atoms with Crippen LogP contribution in [0.15, 0.2) is 24.3 Å². The Labute approximate surface area is 124 Å². The van der Waals surface area contributed by atoms with Crippen LogP contribution in [0.5, 0.6) is 0 Å². The highest BCUT2D eigenvalue weighted by molar-refractivity contribution is 6.09. The monoisotopic (exact) mass is 284 g/mol. The van der Waals surface area contributed by atoms with Crippen molar-refractivity contribution in [3.63, 3.8) is 0 Å². The van der Waals surface area contributed by atoms with E-state index in [4.69, 9.17) is 0 Å². The fourth-order valence-electron chi connectivity index (χ4n) is 4.42. The van der Waals surface area contributed by atoms with Gasteiger partial charge in [0.25, 0.3) is 5.91 Å². The molecule has 2 fully saturated rings. The van der Waals surface area contributed by atoms with Gasteiger partial charge in [-0.15, -0.1) is 0 Å². The summed E-state index contributed by atoms with van der Waals surface area (Å²) in [5, 5.41) is 2.71. The molecule has 2 amide bonds. The lowest BCUT2D eigenvalue weighted by molar-refractivity contribution is -0.117. The Morgan fingerprint density at radius 2 is 2.00 bits per heavy atom. The fraction of sp³-hybridized carbons (Fsp3) is 0.529. The summed E-state index contributed by atoms with van der Waals surface area (Å²) >= 11 is 0. The van der Waals surface area contributed by atoms with Gasteiger partial charge in [-0.1, -0.05) is 18.6 Å². The molecule has 1 N–H and O–H groups in total. The summed E-state index contributed by atoms with van der Waals surface area (Å²) in [6, 6.07) is 7.45. The number of carbonyl (C=O) groups excluding carboxylic acids is 2. The van der Waals surface area contributed by atoms with Crippen molar-refractivity contribution in [1.82, 2.24) is 5.32 Å². The first-order chi connectivity index (χ1) is 10.2. The molecule has 0 radical (unpaired) electrons. The molecule has 4 heteroatoms. The van der Waals surface area contributed by atoms with Crippen molar-refractivity contribution in [2.45, 2.75) is 25.7 Å². The van der Waals surface area contributed by atoms with E-state index >= 15 is 0 Å². The minimum atomic E-state index is -0.144. The fourth-order valence-corrected chi connectivity index (χ4v) is 4.42. The quantitative estimate of drug-likeness (QED) is 0.905. The number of fused-ring (bicyclic) bond motifs is 3. The van der Waals surface area contributed by atoms with E-state index in [0.29, 0.717) is 11.5 Å². The Morgan fingerprint density at radius 3 is 2.76 bits per heavy atom. The molecule has 1 aromatic rings. The lowest BCUT2D eigenvalue weighted by Gasteiger charge is -2.29. The lowest BCUT2D eigenvalue weighted by Crippen LogP contribution is -2.40. The Kier molecular flexibility index (Phi) is 2.98. The maximum Gasteiger partial charge on any atom is 0.253 e. The minimum Gasteiger partial charge on any atom is -0.343 e. The van der Waals surface area contributed by atoms with Crippen LogP contribution in [0.3, 0.4) is 0 Å². The van der Waals surface area contributed by atoms with Crippen LogP contribution >= 0.6 is 0 Å². The molecule has 21 heavy (non-hydrogen) atoms. The van der Waals surface area contributed by atoms with E-state index < -0.39 is 0 Å². The van der Waals surface area contributed by atoms with E-state index in [1.165, 1.54) is 25.7 Å². The first-order valence-corrected chi connectivity index (χ1v) is 7.90. The third-order valence-electron chi connectivity index (χ3n) is 5.44. The number of rotatable bonds is 2. The molecular formula is C17H20N2O2. The van der Waals surface area contributed by atoms with Gasteiger partial charge in [-0.3, -0.25) is 9.59 Å². The SMILES string of the molecule is O=C1NCC(=O)N(CC2CC3CCC2C3)c2ccccc21. The molecule has 0 saturated heterocycles. The molecule has 4 nitrogen and oxygen atoms in total. The second kappa shape index (κ2) is 4.86. The molecule has 2 bridgehead atoms. The molecule has 1 heterocycles. The van der Waals surface area contributed by atoms with Gasteiger partial charge in [0.1, 0.15) is 0 Å². The van der Waals surface area contributed by atoms with Crippen molar-refractivity contribution < 1.29 is 9.59 Å². The average Bonchev–Trinajstić information content (AvgIpc) is 3.09. The molecule has 0 aromatic heterocycles. The second-order valence-electron chi connectivity index (χ2n) is 6.64. The maximum atomic E-state index is 12.4. The van der Waals surface area contributed by atoms with E-state index in [2.05, 4.69) is 5.32 Å². The van der Waals surface area contributed by atoms with Crippen LogP contribution in [-0.4, -0.2) is 24.9 Å². The smallest absolute Gasteiger partial charge is 0.253 e. The van der Waals surface area contributed by atoms with E-state index in [1.807, 2.05) is 23.1 Å². The number of carbonyl (C=O) groups is 2. The predicted octanol–water partition coefficient (Wildman–Crippen LogP) is 2.20. The van der Waals surface area contributed by atoms with Crippen LogP contribution < -0.4 is 10.2 Å². The zero-order valence-corrected chi connectivity index (χ0v) is 12.0. The second-order valence-corrected chi connectivity index (χ2v) is 6.64. The molecule has 4 rings (SSSR count). The van der Waals surface area contributed by atoms with Gasteiger partial charge < -0.3 is 10.2 Å². The van der Waals surface area contributed by atoms with Crippen LogP contribution in [-0.2, 0) is 4.79 Å². The Morgan fingerprint density at radius 1 is 1.14 bits per heavy atom. The van der Waals surface area contributed by atoms with Crippen LogP contribution in [0.1, 0.15) is 36.0 Å². The van der Waals surface area contributed by atoms with E-state index in [0.717, 1.165) is 24.1 Å². The van der Waals surface area contributed by atoms with Crippen LogP contribution in [0, 0.1) is 17.8 Å². The Balaban J connectivity index is 1.64. The topological polar surface area (TPSA) is 49.4 Å². The Hall–Kier alpha value is -1.84. The molecule has 3 unspecified atom stereocenters. The molecule has 2 saturated carbocycles. The number of hydrogen-bond donors (Lipinski definition) is 1. The number of para-hydroxylation sites is 1. The first-order valence-electron chi connectivity index (χ1n) is 7.90. The Bertz CT molecular complexity index is 598. The molecule has 0 spiro atoms. The summed E-state index contributed by atoms with van der Waals surface area (Å²) in [5.74, 6) is 2.12. The molecule has 2 aliphatic carbocycles. The van der Waals surface area contributed by atoms with Gasteiger partial charge >= 0.3 is 0 Å². The number of amides is 2. The summed E-state index contributed by atoms with van der Waals surface area (Å²) in [5.41, 5.74) is 1.40. The summed E-state index contributed by atoms with van der Waals surface area (Å²) in [4.78, 5) is 26.3. The van der Waals surface area contributed by atoms with Gasteiger partial charge in [-0.05, 0) is 49.1 Å². The van der Waals surface area contributed by atoms with E-state index in [-0.39, 0.29) is 18.4 Å². The number of benzene rings is 1. The standard InChI is InChI=1S/C17H20N2O2/c20-16-9-18-17(21)14-3-1-2-4-15(14)19(16)10-13-8-11-5-6-12(13)7-11/h1-4,11-13H,5-10H2,(H,18,21). The number of nitrogens with zero attached hydrogens (tertiary/aromatic N) is 1. The van der Waals surface area contributed by atoms with Crippen LogP contribution in [0.2, 0.25) is 0 Å². The molecule has 3 aliphatic rings. The van der Waals surface area contributed by atoms with Gasteiger partial charge in [0.05, 0.1) is 17.8 Å². The van der Waals surface area contributed by atoms with E-state index in [9.17, 15) is 9.59 Å². The molecule has 1 aliphatic heterocycles. The van der Waals surface area contributed by atoms with Gasteiger partial charge in [0, 0.05) is 6.54 Å². The lowest BCUT2D eigenvalue weighted by atomic mass is 9.88. The van der Waals surface area contributed by atoms with Gasteiger partial charge in [0.2, 0.25) is 5.91 Å². The van der Waals surface area contributed by atoms with Crippen molar-refractivity contribution in [2.24, 2.45) is 17.8 Å². The van der Waals surface area contributed by atoms with E-state index in [1.54, 1.807) is 6.07 Å². The largest absolute Gasteiger partial charge is 0.343 e. The normalized spacial score (nSPS) is 31.0. The summed E-state index contributed by atoms with van der Waals surface area (Å²) in [7, 11) is 0. The number of nitrogens with one attached hydrogen (secondary N) is 1. The number of hydrogen-bond acceptors (Lipinski definition) is 2. The van der Waals surface area contributed by atoms with Gasteiger partial charge in [-0.2, -0.15) is 0 Å². The van der Waals surface area contributed by atoms with Crippen molar-refractivity contribution in [1.29, 1.82) is 0 Å². The van der Waals surface area contributed by atoms with Crippen LogP contribution in [0.4, 0.5) is 5.69 Å². The molecule has 110 valence electrons. The highest BCUT2D eigenvalue weighted by atomic mass is 16.2. The van der Waals surface area contributed by atoms with Crippen LogP contribution in [0.25, 0.3) is 0 Å². The summed E-state index contributed by atoms with van der Waals surface area (Å²) in [6.07, 6.45) is 5.27. The van der Waals surface area contributed by atoms with Crippen molar-refractivity contribution in [3.05, 3.63) is 29.8 Å². The van der Waals surface area contributed by atoms with Crippen molar-refractivity contribution >= 4 is 17.5 Å². The van der Waals surface area contributed by atoms with Gasteiger partial charge in [0.15, 0.2) is 0 Å². The third-order valence-corrected chi connectivity index (χ3v) is 5.44. The zero-order valence-electron chi connectivity index (χ0n) is 12.0. The maximum absolute atomic E-state index is 12.4. The van der Waals surface area contributed by atoms with Crippen molar-refractivity contribution in [3.8, 4) is 0 Å². The predicted molar refractivity (Wildman–Crippen MR) is 80.1 cm³/mol. The minimum absolute atomic E-state index is 0.0103. The average molecular weight is 284 g/mol. The highest BCUT2D eigenvalue weighted by Crippen LogP contribution is 2.48. The molecule has 3 atom stereocenters. The highest BCUT2D eigenvalue weighted by Gasteiger charge is 2.41.